The van der Waals surface area contributed by atoms with Gasteiger partial charge < -0.3 is 5.11 Å². The molecule has 0 spiro atoms. The SMILES string of the molecule is O=C(O)/C=C/c1c(Br)ccc(Cl)c1Cl. The monoisotopic (exact) mass is 294 g/mol. The summed E-state index contributed by atoms with van der Waals surface area (Å²) < 4.78 is 0.699. The summed E-state index contributed by atoms with van der Waals surface area (Å²) in [6.45, 7) is 0. The molecule has 0 bridgehead atoms. The number of hydrogen-bond acceptors (Lipinski definition) is 1. The molecule has 0 fully saturated rings. The molecule has 0 amide bonds. The predicted molar refractivity (Wildman–Crippen MR) is 60.8 cm³/mol. The van der Waals surface area contributed by atoms with Crippen LogP contribution in [0.4, 0.5) is 0 Å². The smallest absolute Gasteiger partial charge is 0.328 e. The van der Waals surface area contributed by atoms with Crippen LogP contribution in [0.3, 0.4) is 0 Å². The maximum atomic E-state index is 10.3. The van der Waals surface area contributed by atoms with E-state index in [1.165, 1.54) is 6.08 Å². The van der Waals surface area contributed by atoms with Gasteiger partial charge in [0.2, 0.25) is 0 Å². The number of hydrogen-bond donors (Lipinski definition) is 1. The van der Waals surface area contributed by atoms with Crippen molar-refractivity contribution < 1.29 is 9.90 Å². The number of carboxylic acid groups (broad SMARTS) is 1. The minimum absolute atomic E-state index is 0.332. The second-order valence-corrected chi connectivity index (χ2v) is 4.07. The third kappa shape index (κ3) is 2.74. The molecule has 0 atom stereocenters. The average Bonchev–Trinajstić information content (AvgIpc) is 2.11. The van der Waals surface area contributed by atoms with Crippen LogP contribution in [0.25, 0.3) is 6.08 Å². The molecule has 0 saturated heterocycles. The topological polar surface area (TPSA) is 37.3 Å². The summed E-state index contributed by atoms with van der Waals surface area (Å²) in [5.41, 5.74) is 0.557. The van der Waals surface area contributed by atoms with Crippen molar-refractivity contribution in [1.29, 1.82) is 0 Å². The Morgan fingerprint density at radius 1 is 1.43 bits per heavy atom. The summed E-state index contributed by atoms with van der Waals surface area (Å²) in [7, 11) is 0. The minimum Gasteiger partial charge on any atom is -0.478 e. The quantitative estimate of drug-likeness (QED) is 0.664. The lowest BCUT2D eigenvalue weighted by molar-refractivity contribution is -0.131. The van der Waals surface area contributed by atoms with Gasteiger partial charge in [0, 0.05) is 16.1 Å². The zero-order valence-electron chi connectivity index (χ0n) is 6.80. The zero-order valence-corrected chi connectivity index (χ0v) is 9.90. The molecule has 0 heterocycles. The fourth-order valence-electron chi connectivity index (χ4n) is 0.850. The van der Waals surface area contributed by atoms with E-state index >= 15 is 0 Å². The largest absolute Gasteiger partial charge is 0.478 e. The molecule has 74 valence electrons. The summed E-state index contributed by atoms with van der Waals surface area (Å²) >= 11 is 14.9. The molecule has 0 aliphatic heterocycles. The number of aliphatic carboxylic acids is 1. The number of halogens is 3. The Morgan fingerprint density at radius 2 is 2.07 bits per heavy atom. The third-order valence-electron chi connectivity index (χ3n) is 1.47. The molecule has 2 nitrogen and oxygen atoms in total. The van der Waals surface area contributed by atoms with E-state index in [0.717, 1.165) is 6.08 Å². The molecular formula is C9H5BrCl2O2. The van der Waals surface area contributed by atoms with E-state index in [2.05, 4.69) is 15.9 Å². The molecule has 0 aromatic heterocycles. The summed E-state index contributed by atoms with van der Waals surface area (Å²) in [6, 6.07) is 3.34. The van der Waals surface area contributed by atoms with Crippen LogP contribution in [0.5, 0.6) is 0 Å². The van der Waals surface area contributed by atoms with Crippen LogP contribution in [-0.2, 0) is 4.79 Å². The van der Waals surface area contributed by atoms with Gasteiger partial charge in [-0.05, 0) is 18.2 Å². The van der Waals surface area contributed by atoms with Crippen LogP contribution < -0.4 is 0 Å². The van der Waals surface area contributed by atoms with Gasteiger partial charge in [-0.25, -0.2) is 4.79 Å². The lowest BCUT2D eigenvalue weighted by atomic mass is 10.2. The van der Waals surface area contributed by atoms with Gasteiger partial charge in [-0.15, -0.1) is 0 Å². The highest BCUT2D eigenvalue weighted by Crippen LogP contribution is 2.32. The molecule has 1 N–H and O–H groups in total. The van der Waals surface area contributed by atoms with E-state index in [-0.39, 0.29) is 0 Å². The highest BCUT2D eigenvalue weighted by atomic mass is 79.9. The van der Waals surface area contributed by atoms with Gasteiger partial charge in [0.25, 0.3) is 0 Å². The number of carbonyl (C=O) groups is 1. The van der Waals surface area contributed by atoms with Gasteiger partial charge >= 0.3 is 5.97 Å². The van der Waals surface area contributed by atoms with Gasteiger partial charge in [-0.2, -0.15) is 0 Å². The Kier molecular flexibility index (Phi) is 3.98. The van der Waals surface area contributed by atoms with Crippen molar-refractivity contribution in [2.75, 3.05) is 0 Å². The fourth-order valence-corrected chi connectivity index (χ4v) is 1.82. The number of carboxylic acids is 1. The minimum atomic E-state index is -1.03. The van der Waals surface area contributed by atoms with Crippen LogP contribution in [-0.4, -0.2) is 11.1 Å². The third-order valence-corrected chi connectivity index (χ3v) is 2.98. The van der Waals surface area contributed by atoms with E-state index in [1.807, 2.05) is 0 Å². The molecule has 1 aromatic rings. The molecule has 0 aliphatic rings. The first-order valence-electron chi connectivity index (χ1n) is 3.57. The van der Waals surface area contributed by atoms with Gasteiger partial charge in [0.15, 0.2) is 0 Å². The second-order valence-electron chi connectivity index (χ2n) is 2.43. The molecule has 0 aliphatic carbocycles. The molecule has 0 saturated carbocycles. The number of rotatable bonds is 2. The Morgan fingerprint density at radius 3 is 2.64 bits per heavy atom. The van der Waals surface area contributed by atoms with Crippen LogP contribution in [0.1, 0.15) is 5.56 Å². The normalized spacial score (nSPS) is 10.8. The van der Waals surface area contributed by atoms with Crippen molar-refractivity contribution in [1.82, 2.24) is 0 Å². The Hall–Kier alpha value is -0.510. The maximum Gasteiger partial charge on any atom is 0.328 e. The van der Waals surface area contributed by atoms with Gasteiger partial charge in [-0.3, -0.25) is 0 Å². The molecule has 0 unspecified atom stereocenters. The molecule has 5 heteroatoms. The van der Waals surface area contributed by atoms with Crippen LogP contribution in [0.15, 0.2) is 22.7 Å². The summed E-state index contributed by atoms with van der Waals surface area (Å²) in [6.07, 6.45) is 2.39. The van der Waals surface area contributed by atoms with Crippen molar-refractivity contribution in [2.24, 2.45) is 0 Å². The summed E-state index contributed by atoms with van der Waals surface area (Å²) in [5.74, 6) is -1.03. The molecule has 14 heavy (non-hydrogen) atoms. The van der Waals surface area contributed by atoms with Crippen molar-refractivity contribution in [3.8, 4) is 0 Å². The maximum absolute atomic E-state index is 10.3. The van der Waals surface area contributed by atoms with Crippen LogP contribution in [0, 0.1) is 0 Å². The molecule has 1 aromatic carbocycles. The van der Waals surface area contributed by atoms with Crippen LogP contribution in [0.2, 0.25) is 10.0 Å². The van der Waals surface area contributed by atoms with Crippen LogP contribution >= 0.6 is 39.1 Å². The summed E-state index contributed by atoms with van der Waals surface area (Å²) in [5, 5.41) is 9.17. The van der Waals surface area contributed by atoms with E-state index in [1.54, 1.807) is 12.1 Å². The molecular weight excluding hydrogens is 291 g/mol. The van der Waals surface area contributed by atoms with E-state index in [9.17, 15) is 4.79 Å². The first-order valence-corrected chi connectivity index (χ1v) is 5.11. The van der Waals surface area contributed by atoms with Crippen molar-refractivity contribution >= 4 is 51.2 Å². The fraction of sp³-hybridized carbons (Fsp3) is 0. The average molecular weight is 296 g/mol. The lowest BCUT2D eigenvalue weighted by Crippen LogP contribution is -1.87. The van der Waals surface area contributed by atoms with Crippen molar-refractivity contribution in [2.45, 2.75) is 0 Å². The lowest BCUT2D eigenvalue weighted by Gasteiger charge is -2.02. The van der Waals surface area contributed by atoms with Gasteiger partial charge in [0.05, 0.1) is 10.0 Å². The van der Waals surface area contributed by atoms with Gasteiger partial charge in [0.1, 0.15) is 0 Å². The van der Waals surface area contributed by atoms with E-state index in [0.29, 0.717) is 20.1 Å². The van der Waals surface area contributed by atoms with E-state index in [4.69, 9.17) is 28.3 Å². The zero-order chi connectivity index (χ0) is 10.7. The highest BCUT2D eigenvalue weighted by molar-refractivity contribution is 9.10. The first-order chi connectivity index (χ1) is 6.52. The van der Waals surface area contributed by atoms with Crippen molar-refractivity contribution in [3.05, 3.63) is 38.3 Å². The Labute approximate surface area is 99.3 Å². The Bertz CT molecular complexity index is 402. The molecule has 1 rings (SSSR count). The second kappa shape index (κ2) is 4.82. The standard InChI is InChI=1S/C9H5BrCl2O2/c10-6-2-3-7(11)9(12)5(6)1-4-8(13)14/h1-4H,(H,13,14)/b4-1+. The Balaban J connectivity index is 3.19. The van der Waals surface area contributed by atoms with Gasteiger partial charge in [-0.1, -0.05) is 39.1 Å². The predicted octanol–water partition coefficient (Wildman–Crippen LogP) is 3.85. The van der Waals surface area contributed by atoms with E-state index < -0.39 is 5.97 Å². The van der Waals surface area contributed by atoms with Crippen molar-refractivity contribution in [3.63, 3.8) is 0 Å². The summed E-state index contributed by atoms with van der Waals surface area (Å²) in [4.78, 5) is 10.3. The highest BCUT2D eigenvalue weighted by Gasteiger charge is 2.06. The first kappa shape index (κ1) is 11.6. The number of benzene rings is 1. The molecule has 0 radical (unpaired) electrons.